The predicted octanol–water partition coefficient (Wildman–Crippen LogP) is 3.85. The number of piperidine rings is 1. The summed E-state index contributed by atoms with van der Waals surface area (Å²) in [4.78, 5) is 36.8. The zero-order valence-electron chi connectivity index (χ0n) is 19.5. The van der Waals surface area contributed by atoms with Crippen LogP contribution in [0, 0.1) is 12.8 Å². The summed E-state index contributed by atoms with van der Waals surface area (Å²) in [6.07, 6.45) is 12.3. The van der Waals surface area contributed by atoms with E-state index in [2.05, 4.69) is 17.6 Å². The summed E-state index contributed by atoms with van der Waals surface area (Å²) in [5, 5.41) is 6.11. The van der Waals surface area contributed by atoms with Crippen molar-refractivity contribution in [1.82, 2.24) is 15.5 Å². The zero-order valence-corrected chi connectivity index (χ0v) is 19.5. The number of carbonyl (C=O) groups excluding carboxylic acids is 3. The van der Waals surface area contributed by atoms with Crippen molar-refractivity contribution >= 4 is 17.7 Å². The lowest BCUT2D eigenvalue weighted by Gasteiger charge is -2.35. The van der Waals surface area contributed by atoms with Crippen LogP contribution < -0.4 is 10.6 Å². The average molecular weight is 440 g/mol. The number of carbonyl (C=O) groups is 3. The van der Waals surface area contributed by atoms with Crippen LogP contribution >= 0.6 is 0 Å². The molecule has 2 saturated carbocycles. The highest BCUT2D eigenvalue weighted by molar-refractivity contribution is 6.05. The van der Waals surface area contributed by atoms with Crippen molar-refractivity contribution in [2.75, 3.05) is 0 Å². The van der Waals surface area contributed by atoms with Gasteiger partial charge in [0.2, 0.25) is 11.8 Å². The van der Waals surface area contributed by atoms with Crippen molar-refractivity contribution < 1.29 is 14.4 Å². The van der Waals surface area contributed by atoms with Crippen molar-refractivity contribution in [3.63, 3.8) is 0 Å². The van der Waals surface area contributed by atoms with Gasteiger partial charge in [-0.05, 0) is 63.5 Å². The van der Waals surface area contributed by atoms with Crippen LogP contribution in [0.4, 0.5) is 0 Å². The van der Waals surface area contributed by atoms with Gasteiger partial charge < -0.3 is 10.2 Å². The second-order valence-corrected chi connectivity index (χ2v) is 10.0. The maximum absolute atomic E-state index is 12.3. The highest BCUT2D eigenvalue weighted by atomic mass is 16.2. The molecule has 4 aliphatic rings. The molecule has 2 aliphatic carbocycles. The fourth-order valence-electron chi connectivity index (χ4n) is 5.42. The summed E-state index contributed by atoms with van der Waals surface area (Å²) in [5.41, 5.74) is 2.71. The lowest BCUT2D eigenvalue weighted by Crippen LogP contribution is -2.52. The molecule has 1 aromatic rings. The van der Waals surface area contributed by atoms with Gasteiger partial charge in [0.25, 0.3) is 5.91 Å². The number of nitrogens with zero attached hydrogens (tertiary/aromatic N) is 1. The Labute approximate surface area is 191 Å². The molecule has 3 fully saturated rings. The molecule has 0 radical (unpaired) electrons. The minimum atomic E-state index is -0.530. The summed E-state index contributed by atoms with van der Waals surface area (Å²) in [6.45, 7) is 4.81. The smallest absolute Gasteiger partial charge is 0.255 e. The Balaban J connectivity index is 0.000000165. The van der Waals surface area contributed by atoms with E-state index in [4.69, 9.17) is 0 Å². The first-order valence-corrected chi connectivity index (χ1v) is 12.4. The van der Waals surface area contributed by atoms with Gasteiger partial charge in [-0.25, -0.2) is 0 Å². The molecule has 0 bridgehead atoms. The Morgan fingerprint density at radius 2 is 1.75 bits per heavy atom. The number of benzene rings is 1. The summed E-state index contributed by atoms with van der Waals surface area (Å²) in [7, 11) is 0. The van der Waals surface area contributed by atoms with Gasteiger partial charge >= 0.3 is 0 Å². The Bertz CT molecular complexity index is 858. The molecule has 2 unspecified atom stereocenters. The molecule has 2 atom stereocenters. The van der Waals surface area contributed by atoms with Gasteiger partial charge in [-0.1, -0.05) is 43.4 Å². The first-order chi connectivity index (χ1) is 15.4. The third kappa shape index (κ3) is 5.22. The van der Waals surface area contributed by atoms with E-state index in [0.29, 0.717) is 18.5 Å². The molecule has 2 heterocycles. The Hall–Kier alpha value is -2.21. The van der Waals surface area contributed by atoms with Gasteiger partial charge in [0, 0.05) is 30.6 Å². The fourth-order valence-corrected chi connectivity index (χ4v) is 5.42. The second-order valence-electron chi connectivity index (χ2n) is 10.0. The molecule has 2 aliphatic heterocycles. The van der Waals surface area contributed by atoms with Crippen molar-refractivity contribution in [3.05, 3.63) is 34.9 Å². The molecule has 1 saturated heterocycles. The molecular formula is C26H37N3O3. The van der Waals surface area contributed by atoms with Gasteiger partial charge in [0.05, 0.1) is 0 Å². The average Bonchev–Trinajstić information content (AvgIpc) is 3.03. The van der Waals surface area contributed by atoms with Crippen LogP contribution in [0.25, 0.3) is 0 Å². The lowest BCUT2D eigenvalue weighted by atomic mass is 9.80. The topological polar surface area (TPSA) is 78.5 Å². The predicted molar refractivity (Wildman–Crippen MR) is 124 cm³/mol. The molecule has 0 spiro atoms. The molecule has 0 aromatic heterocycles. The summed E-state index contributed by atoms with van der Waals surface area (Å²) < 4.78 is 0. The third-order valence-electron chi connectivity index (χ3n) is 7.64. The highest BCUT2D eigenvalue weighted by Crippen LogP contribution is 2.30. The maximum Gasteiger partial charge on any atom is 0.255 e. The minimum Gasteiger partial charge on any atom is -0.322 e. The standard InChI is InChI=1S/C14H14N2O3.C12H23N/c1-8-2-3-10-9(6-8)7-16(14(10)19)11-4-5-12(17)15-13(11)18;1-10(11-6-5-7-11)13-12-8-3-2-4-9-12/h2-3,6,11H,4-5,7H2,1H3,(H,15,17,18);10-13H,2-9H2,1H3. The van der Waals surface area contributed by atoms with E-state index >= 15 is 0 Å². The van der Waals surface area contributed by atoms with Crippen LogP contribution in [-0.4, -0.2) is 40.7 Å². The first kappa shape index (κ1) is 23.0. The van der Waals surface area contributed by atoms with E-state index in [1.165, 1.54) is 51.4 Å². The number of amides is 3. The number of fused-ring (bicyclic) bond motifs is 1. The van der Waals surface area contributed by atoms with Gasteiger partial charge in [-0.15, -0.1) is 0 Å². The first-order valence-electron chi connectivity index (χ1n) is 12.4. The van der Waals surface area contributed by atoms with Crippen LogP contribution in [-0.2, 0) is 16.1 Å². The normalized spacial score (nSPS) is 24.9. The number of hydrogen-bond acceptors (Lipinski definition) is 4. The van der Waals surface area contributed by atoms with E-state index in [1.807, 2.05) is 19.1 Å². The van der Waals surface area contributed by atoms with E-state index in [9.17, 15) is 14.4 Å². The SMILES string of the molecule is CC(NC1CCCCC1)C1CCC1.Cc1ccc2c(c1)CN(C1CCC(=O)NC1=O)C2=O. The molecule has 32 heavy (non-hydrogen) atoms. The number of rotatable bonds is 4. The van der Waals surface area contributed by atoms with Crippen LogP contribution in [0.3, 0.4) is 0 Å². The Morgan fingerprint density at radius 3 is 2.41 bits per heavy atom. The van der Waals surface area contributed by atoms with Gasteiger partial charge in [0.1, 0.15) is 6.04 Å². The molecule has 6 heteroatoms. The number of aryl methyl sites for hydroxylation is 1. The molecular weight excluding hydrogens is 402 g/mol. The van der Waals surface area contributed by atoms with Crippen LogP contribution in [0.15, 0.2) is 18.2 Å². The van der Waals surface area contributed by atoms with Gasteiger partial charge in [0.15, 0.2) is 0 Å². The van der Waals surface area contributed by atoms with E-state index < -0.39 is 6.04 Å². The number of nitrogens with one attached hydrogen (secondary N) is 2. The zero-order chi connectivity index (χ0) is 22.7. The quantitative estimate of drug-likeness (QED) is 0.699. The van der Waals surface area contributed by atoms with E-state index in [-0.39, 0.29) is 24.1 Å². The monoisotopic (exact) mass is 439 g/mol. The van der Waals surface area contributed by atoms with Crippen molar-refractivity contribution in [2.24, 2.45) is 5.92 Å². The second kappa shape index (κ2) is 10.2. The molecule has 5 rings (SSSR count). The minimum absolute atomic E-state index is 0.121. The molecule has 6 nitrogen and oxygen atoms in total. The van der Waals surface area contributed by atoms with Gasteiger partial charge in [-0.3, -0.25) is 19.7 Å². The highest BCUT2D eigenvalue weighted by Gasteiger charge is 2.38. The molecule has 2 N–H and O–H groups in total. The van der Waals surface area contributed by atoms with Crippen molar-refractivity contribution in [1.29, 1.82) is 0 Å². The molecule has 1 aromatic carbocycles. The largest absolute Gasteiger partial charge is 0.322 e. The van der Waals surface area contributed by atoms with Crippen molar-refractivity contribution in [2.45, 2.75) is 103 Å². The maximum atomic E-state index is 12.3. The summed E-state index contributed by atoms with van der Waals surface area (Å²) in [6, 6.07) is 6.78. The molecule has 174 valence electrons. The van der Waals surface area contributed by atoms with Crippen LogP contribution in [0.5, 0.6) is 0 Å². The van der Waals surface area contributed by atoms with Crippen LogP contribution in [0.2, 0.25) is 0 Å². The Kier molecular flexibility index (Phi) is 7.29. The Morgan fingerprint density at radius 1 is 1.00 bits per heavy atom. The van der Waals surface area contributed by atoms with Crippen molar-refractivity contribution in [3.8, 4) is 0 Å². The fraction of sp³-hybridized carbons (Fsp3) is 0.654. The number of imide groups is 1. The molecule has 3 amide bonds. The van der Waals surface area contributed by atoms with E-state index in [1.54, 1.807) is 11.0 Å². The summed E-state index contributed by atoms with van der Waals surface area (Å²) in [5.74, 6) is 0.252. The lowest BCUT2D eigenvalue weighted by molar-refractivity contribution is -0.136. The number of hydrogen-bond donors (Lipinski definition) is 2. The van der Waals surface area contributed by atoms with E-state index in [0.717, 1.165) is 29.1 Å². The summed E-state index contributed by atoms with van der Waals surface area (Å²) >= 11 is 0. The van der Waals surface area contributed by atoms with Crippen LogP contribution in [0.1, 0.15) is 92.6 Å². The third-order valence-corrected chi connectivity index (χ3v) is 7.64. The van der Waals surface area contributed by atoms with Gasteiger partial charge in [-0.2, -0.15) is 0 Å².